The van der Waals surface area contributed by atoms with Crippen LogP contribution in [-0.4, -0.2) is 63.9 Å². The minimum Gasteiger partial charge on any atom is -0.497 e. The topological polar surface area (TPSA) is 58.1 Å². The van der Waals surface area contributed by atoms with E-state index in [9.17, 15) is 0 Å². The van der Waals surface area contributed by atoms with E-state index in [0.29, 0.717) is 13.2 Å². The van der Waals surface area contributed by atoms with Crippen LogP contribution in [0.3, 0.4) is 0 Å². The number of ether oxygens (including phenoxy) is 2. The third-order valence-electron chi connectivity index (χ3n) is 4.24. The number of rotatable bonds is 12. The number of benzene rings is 1. The molecule has 0 bridgehead atoms. The number of hydrogen-bond acceptors (Lipinski definition) is 4. The van der Waals surface area contributed by atoms with Crippen molar-refractivity contribution in [2.24, 2.45) is 4.99 Å². The number of aliphatic imine (C=N–C) groups is 1. The summed E-state index contributed by atoms with van der Waals surface area (Å²) in [7, 11) is 1.70. The molecule has 27 heavy (non-hydrogen) atoms. The van der Waals surface area contributed by atoms with Crippen molar-refractivity contribution >= 4 is 29.9 Å². The first kappa shape index (κ1) is 25.9. The van der Waals surface area contributed by atoms with Gasteiger partial charge in [0.2, 0.25) is 0 Å². The highest BCUT2D eigenvalue weighted by Gasteiger charge is 2.18. The van der Waals surface area contributed by atoms with E-state index in [-0.39, 0.29) is 30.0 Å². The van der Waals surface area contributed by atoms with Crippen molar-refractivity contribution in [3.05, 3.63) is 29.8 Å². The van der Waals surface area contributed by atoms with Gasteiger partial charge in [0.05, 0.1) is 26.3 Å². The molecule has 0 fully saturated rings. The van der Waals surface area contributed by atoms with E-state index in [2.05, 4.69) is 48.4 Å². The van der Waals surface area contributed by atoms with Crippen LogP contribution in [-0.2, 0) is 4.74 Å². The van der Waals surface area contributed by atoms with Gasteiger partial charge in [0, 0.05) is 19.7 Å². The lowest BCUT2D eigenvalue weighted by Gasteiger charge is -2.29. The average Bonchev–Trinajstić information content (AvgIpc) is 2.68. The normalized spacial score (nSPS) is 12.4. The predicted molar refractivity (Wildman–Crippen MR) is 125 cm³/mol. The monoisotopic (exact) mass is 492 g/mol. The van der Waals surface area contributed by atoms with Crippen molar-refractivity contribution in [3.8, 4) is 5.75 Å². The SMILES string of the molecule is CCNC(=NCC(c1cccc(OC)c1)N(CC)CC)NCCOCC.I. The Morgan fingerprint density at radius 3 is 2.48 bits per heavy atom. The van der Waals surface area contributed by atoms with Crippen LogP contribution in [0.2, 0.25) is 0 Å². The molecule has 7 heteroatoms. The number of methoxy groups -OCH3 is 1. The standard InChI is InChI=1S/C20H36N4O2.HI/c1-6-21-20(22-13-14-26-9-4)23-16-19(24(7-2)8-3)17-11-10-12-18(15-17)25-5;/h10-12,15,19H,6-9,13-14,16H2,1-5H3,(H2,21,22,23);1H. The first-order valence-electron chi connectivity index (χ1n) is 9.67. The summed E-state index contributed by atoms with van der Waals surface area (Å²) in [4.78, 5) is 7.24. The molecule has 0 aliphatic carbocycles. The Balaban J connectivity index is 0.00000676. The summed E-state index contributed by atoms with van der Waals surface area (Å²) in [5, 5.41) is 6.63. The average molecular weight is 492 g/mol. The van der Waals surface area contributed by atoms with E-state index in [1.165, 1.54) is 5.56 Å². The molecular weight excluding hydrogens is 455 g/mol. The Kier molecular flexibility index (Phi) is 15.3. The van der Waals surface area contributed by atoms with E-state index in [1.807, 2.05) is 19.1 Å². The van der Waals surface area contributed by atoms with Gasteiger partial charge in [0.15, 0.2) is 5.96 Å². The molecule has 156 valence electrons. The van der Waals surface area contributed by atoms with Crippen molar-refractivity contribution in [2.45, 2.75) is 33.7 Å². The summed E-state index contributed by atoms with van der Waals surface area (Å²) in [5.74, 6) is 1.71. The molecule has 0 saturated carbocycles. The van der Waals surface area contributed by atoms with Gasteiger partial charge in [0.25, 0.3) is 0 Å². The third kappa shape index (κ3) is 9.62. The summed E-state index contributed by atoms with van der Waals surface area (Å²) in [6.07, 6.45) is 0. The molecule has 1 aromatic carbocycles. The van der Waals surface area contributed by atoms with Crippen LogP contribution >= 0.6 is 24.0 Å². The molecule has 0 heterocycles. The summed E-state index contributed by atoms with van der Waals surface area (Å²) >= 11 is 0. The molecule has 1 unspecified atom stereocenters. The van der Waals surface area contributed by atoms with Gasteiger partial charge in [-0.05, 0) is 44.6 Å². The van der Waals surface area contributed by atoms with Crippen LogP contribution in [0.4, 0.5) is 0 Å². The van der Waals surface area contributed by atoms with Crippen LogP contribution in [0, 0.1) is 0 Å². The minimum atomic E-state index is 0. The van der Waals surface area contributed by atoms with Gasteiger partial charge in [-0.25, -0.2) is 0 Å². The van der Waals surface area contributed by atoms with E-state index in [0.717, 1.165) is 44.5 Å². The maximum Gasteiger partial charge on any atom is 0.191 e. The van der Waals surface area contributed by atoms with Gasteiger partial charge in [-0.2, -0.15) is 0 Å². The molecule has 0 aliphatic heterocycles. The van der Waals surface area contributed by atoms with E-state index < -0.39 is 0 Å². The van der Waals surface area contributed by atoms with Crippen molar-refractivity contribution in [1.29, 1.82) is 0 Å². The highest BCUT2D eigenvalue weighted by atomic mass is 127. The molecule has 1 aromatic rings. The molecule has 6 nitrogen and oxygen atoms in total. The van der Waals surface area contributed by atoms with E-state index >= 15 is 0 Å². The second-order valence-corrected chi connectivity index (χ2v) is 5.86. The molecular formula is C20H37IN4O2. The number of guanidine groups is 1. The Bertz CT molecular complexity index is 524. The zero-order chi connectivity index (χ0) is 19.2. The Labute approximate surface area is 182 Å². The zero-order valence-corrected chi connectivity index (χ0v) is 19.8. The summed E-state index contributed by atoms with van der Waals surface area (Å²) in [6, 6.07) is 8.48. The molecule has 0 aromatic heterocycles. The number of nitrogens with zero attached hydrogens (tertiary/aromatic N) is 2. The van der Waals surface area contributed by atoms with Crippen molar-refractivity contribution < 1.29 is 9.47 Å². The highest BCUT2D eigenvalue weighted by molar-refractivity contribution is 14.0. The fourth-order valence-electron chi connectivity index (χ4n) is 2.85. The van der Waals surface area contributed by atoms with E-state index in [1.54, 1.807) is 7.11 Å². The fourth-order valence-corrected chi connectivity index (χ4v) is 2.85. The fraction of sp³-hybridized carbons (Fsp3) is 0.650. The quantitative estimate of drug-likeness (QED) is 0.203. The van der Waals surface area contributed by atoms with Crippen LogP contribution in [0.15, 0.2) is 29.3 Å². The number of hydrogen-bond donors (Lipinski definition) is 2. The second kappa shape index (κ2) is 15.9. The smallest absolute Gasteiger partial charge is 0.191 e. The van der Waals surface area contributed by atoms with Crippen LogP contribution in [0.1, 0.15) is 39.3 Å². The first-order chi connectivity index (χ1) is 12.7. The van der Waals surface area contributed by atoms with Gasteiger partial charge < -0.3 is 20.1 Å². The largest absolute Gasteiger partial charge is 0.497 e. The maximum absolute atomic E-state index is 5.40. The third-order valence-corrected chi connectivity index (χ3v) is 4.24. The van der Waals surface area contributed by atoms with Gasteiger partial charge in [-0.3, -0.25) is 9.89 Å². The number of nitrogens with one attached hydrogen (secondary N) is 2. The van der Waals surface area contributed by atoms with Gasteiger partial charge in [-0.1, -0.05) is 26.0 Å². The molecule has 2 N–H and O–H groups in total. The molecule has 0 saturated heterocycles. The van der Waals surface area contributed by atoms with Gasteiger partial charge in [-0.15, -0.1) is 24.0 Å². The molecule has 1 atom stereocenters. The predicted octanol–water partition coefficient (Wildman–Crippen LogP) is 3.29. The van der Waals surface area contributed by atoms with Crippen LogP contribution < -0.4 is 15.4 Å². The molecule has 0 amide bonds. The Hall–Kier alpha value is -1.06. The summed E-state index contributed by atoms with van der Waals surface area (Å²) < 4.78 is 10.8. The first-order valence-corrected chi connectivity index (χ1v) is 9.67. The van der Waals surface area contributed by atoms with E-state index in [4.69, 9.17) is 14.5 Å². The lowest BCUT2D eigenvalue weighted by molar-refractivity contribution is 0.152. The van der Waals surface area contributed by atoms with Gasteiger partial charge >= 0.3 is 0 Å². The van der Waals surface area contributed by atoms with Gasteiger partial charge in [0.1, 0.15) is 5.75 Å². The summed E-state index contributed by atoms with van der Waals surface area (Å²) in [5.41, 5.74) is 1.22. The molecule has 0 spiro atoms. The number of halogens is 1. The maximum atomic E-state index is 5.40. The summed E-state index contributed by atoms with van der Waals surface area (Å²) in [6.45, 7) is 14.1. The lowest BCUT2D eigenvalue weighted by Crippen LogP contribution is -2.40. The second-order valence-electron chi connectivity index (χ2n) is 5.86. The van der Waals surface area contributed by atoms with Crippen LogP contribution in [0.25, 0.3) is 0 Å². The lowest BCUT2D eigenvalue weighted by atomic mass is 10.0. The van der Waals surface area contributed by atoms with Crippen molar-refractivity contribution in [3.63, 3.8) is 0 Å². The van der Waals surface area contributed by atoms with Crippen LogP contribution in [0.5, 0.6) is 5.75 Å². The molecule has 0 radical (unpaired) electrons. The number of likely N-dealkylation sites (N-methyl/N-ethyl adjacent to an activating group) is 1. The highest BCUT2D eigenvalue weighted by Crippen LogP contribution is 2.24. The minimum absolute atomic E-state index is 0. The van der Waals surface area contributed by atoms with Crippen molar-refractivity contribution in [1.82, 2.24) is 15.5 Å². The van der Waals surface area contributed by atoms with Crippen molar-refractivity contribution in [2.75, 3.05) is 53.0 Å². The Morgan fingerprint density at radius 2 is 1.89 bits per heavy atom. The Morgan fingerprint density at radius 1 is 1.15 bits per heavy atom. The molecule has 0 aliphatic rings. The zero-order valence-electron chi connectivity index (χ0n) is 17.5. The molecule has 1 rings (SSSR count).